The fourth-order valence-corrected chi connectivity index (χ4v) is 2.37. The summed E-state index contributed by atoms with van der Waals surface area (Å²) in [5.41, 5.74) is 1.59. The van der Waals surface area contributed by atoms with Crippen molar-refractivity contribution in [3.05, 3.63) is 59.9 Å². The number of hydrogen-bond donors (Lipinski definition) is 3. The van der Waals surface area contributed by atoms with Gasteiger partial charge in [0, 0.05) is 48.2 Å². The van der Waals surface area contributed by atoms with Crippen LogP contribution in [0.2, 0.25) is 0 Å². The molecule has 0 radical (unpaired) electrons. The molecule has 1 aromatic heterocycles. The van der Waals surface area contributed by atoms with Crippen molar-refractivity contribution in [3.8, 4) is 0 Å². The first-order chi connectivity index (χ1) is 12.6. The summed E-state index contributed by atoms with van der Waals surface area (Å²) >= 11 is 0. The van der Waals surface area contributed by atoms with Crippen molar-refractivity contribution >= 4 is 23.4 Å². The van der Waals surface area contributed by atoms with E-state index in [-0.39, 0.29) is 23.6 Å². The third-order valence-corrected chi connectivity index (χ3v) is 4.01. The Kier molecular flexibility index (Phi) is 5.58. The van der Waals surface area contributed by atoms with Crippen LogP contribution in [0.5, 0.6) is 0 Å². The molecule has 1 aromatic carbocycles. The molecule has 0 spiro atoms. The van der Waals surface area contributed by atoms with Gasteiger partial charge < -0.3 is 16.0 Å². The highest BCUT2D eigenvalue weighted by Gasteiger charge is 2.28. The number of benzene rings is 1. The minimum absolute atomic E-state index is 0.0635. The fourth-order valence-electron chi connectivity index (χ4n) is 2.37. The Labute approximate surface area is 151 Å². The summed E-state index contributed by atoms with van der Waals surface area (Å²) in [5.74, 6) is -0.233. The van der Waals surface area contributed by atoms with E-state index in [0.717, 1.165) is 12.8 Å². The van der Waals surface area contributed by atoms with E-state index < -0.39 is 0 Å². The van der Waals surface area contributed by atoms with Gasteiger partial charge in [0.25, 0.3) is 11.8 Å². The lowest BCUT2D eigenvalue weighted by molar-refractivity contribution is -0.122. The van der Waals surface area contributed by atoms with Crippen molar-refractivity contribution in [3.63, 3.8) is 0 Å². The molecule has 1 aliphatic carbocycles. The van der Waals surface area contributed by atoms with Crippen LogP contribution in [0.1, 0.15) is 33.6 Å². The zero-order valence-corrected chi connectivity index (χ0v) is 14.2. The lowest BCUT2D eigenvalue weighted by Crippen LogP contribution is -2.35. The first-order valence-corrected chi connectivity index (χ1v) is 8.51. The molecular formula is C19H20N4O3. The van der Waals surface area contributed by atoms with Gasteiger partial charge in [-0.1, -0.05) is 0 Å². The van der Waals surface area contributed by atoms with E-state index in [1.807, 2.05) is 0 Å². The van der Waals surface area contributed by atoms with Gasteiger partial charge >= 0.3 is 0 Å². The molecule has 3 rings (SSSR count). The molecule has 0 atom stereocenters. The molecule has 7 heteroatoms. The first-order valence-electron chi connectivity index (χ1n) is 8.51. The molecule has 0 aliphatic heterocycles. The predicted molar refractivity (Wildman–Crippen MR) is 96.7 cm³/mol. The number of pyridine rings is 1. The molecule has 134 valence electrons. The Hall–Kier alpha value is -3.22. The highest BCUT2D eigenvalue weighted by atomic mass is 16.2. The minimum Gasteiger partial charge on any atom is -0.354 e. The zero-order chi connectivity index (χ0) is 18.4. The second-order valence-electron chi connectivity index (χ2n) is 6.09. The van der Waals surface area contributed by atoms with E-state index in [1.165, 1.54) is 0 Å². The van der Waals surface area contributed by atoms with Crippen LogP contribution < -0.4 is 16.0 Å². The molecule has 1 heterocycles. The highest BCUT2D eigenvalue weighted by molar-refractivity contribution is 6.04. The average Bonchev–Trinajstić information content (AvgIpc) is 3.51. The lowest BCUT2D eigenvalue weighted by Gasteiger charge is -2.08. The van der Waals surface area contributed by atoms with E-state index in [9.17, 15) is 14.4 Å². The van der Waals surface area contributed by atoms with E-state index in [1.54, 1.807) is 48.8 Å². The van der Waals surface area contributed by atoms with Crippen LogP contribution in [0.15, 0.2) is 48.8 Å². The maximum atomic E-state index is 12.1. The molecule has 26 heavy (non-hydrogen) atoms. The van der Waals surface area contributed by atoms with Crippen LogP contribution in [0.3, 0.4) is 0 Å². The Morgan fingerprint density at radius 1 is 0.846 bits per heavy atom. The number of rotatable bonds is 7. The SMILES string of the molecule is O=C(NCCNC(=O)C1CC1)c1ccc(NC(=O)c2ccncc2)cc1. The number of carbonyl (C=O) groups excluding carboxylic acids is 3. The number of aromatic nitrogens is 1. The normalized spacial score (nSPS) is 12.9. The van der Waals surface area contributed by atoms with Crippen LogP contribution in [0, 0.1) is 5.92 Å². The third-order valence-electron chi connectivity index (χ3n) is 4.01. The summed E-state index contributed by atoms with van der Waals surface area (Å²) in [4.78, 5) is 39.5. The molecule has 0 unspecified atom stereocenters. The molecule has 0 saturated heterocycles. The first kappa shape index (κ1) is 17.6. The van der Waals surface area contributed by atoms with Gasteiger partial charge in [0.05, 0.1) is 0 Å². The maximum absolute atomic E-state index is 12.1. The number of amides is 3. The van der Waals surface area contributed by atoms with E-state index in [0.29, 0.717) is 29.9 Å². The van der Waals surface area contributed by atoms with E-state index in [4.69, 9.17) is 0 Å². The van der Waals surface area contributed by atoms with Crippen LogP contribution in [-0.2, 0) is 4.79 Å². The molecule has 0 bridgehead atoms. The molecule has 1 fully saturated rings. The molecule has 1 saturated carbocycles. The monoisotopic (exact) mass is 352 g/mol. The van der Waals surface area contributed by atoms with Crippen molar-refractivity contribution < 1.29 is 14.4 Å². The van der Waals surface area contributed by atoms with E-state index in [2.05, 4.69) is 20.9 Å². The maximum Gasteiger partial charge on any atom is 0.255 e. The second-order valence-corrected chi connectivity index (χ2v) is 6.09. The molecule has 1 aliphatic rings. The van der Waals surface area contributed by atoms with Crippen molar-refractivity contribution in [2.75, 3.05) is 18.4 Å². The van der Waals surface area contributed by atoms with Gasteiger partial charge in [-0.25, -0.2) is 0 Å². The van der Waals surface area contributed by atoms with Gasteiger partial charge in [0.2, 0.25) is 5.91 Å². The number of anilines is 1. The van der Waals surface area contributed by atoms with Crippen molar-refractivity contribution in [2.45, 2.75) is 12.8 Å². The quantitative estimate of drug-likeness (QED) is 0.659. The Balaban J connectivity index is 1.45. The Morgan fingerprint density at radius 2 is 1.46 bits per heavy atom. The smallest absolute Gasteiger partial charge is 0.255 e. The largest absolute Gasteiger partial charge is 0.354 e. The van der Waals surface area contributed by atoms with Crippen molar-refractivity contribution in [1.29, 1.82) is 0 Å². The van der Waals surface area contributed by atoms with Gasteiger partial charge in [-0.05, 0) is 49.2 Å². The molecule has 3 amide bonds. The number of carbonyl (C=O) groups is 3. The second kappa shape index (κ2) is 8.24. The van der Waals surface area contributed by atoms with Gasteiger partial charge in [-0.15, -0.1) is 0 Å². The summed E-state index contributed by atoms with van der Waals surface area (Å²) in [6, 6.07) is 9.87. The molecular weight excluding hydrogens is 332 g/mol. The number of hydrogen-bond acceptors (Lipinski definition) is 4. The van der Waals surface area contributed by atoms with Crippen LogP contribution >= 0.6 is 0 Å². The summed E-state index contributed by atoms with van der Waals surface area (Å²) in [6.07, 6.45) is 5.02. The minimum atomic E-state index is -0.240. The van der Waals surface area contributed by atoms with Gasteiger partial charge in [-0.2, -0.15) is 0 Å². The standard InChI is InChI=1S/C19H20N4O3/c24-17(13-1-2-13)21-11-12-22-18(25)14-3-5-16(6-4-14)23-19(26)15-7-9-20-10-8-15/h3-10,13H,1-2,11-12H2,(H,21,24)(H,22,25)(H,23,26). The lowest BCUT2D eigenvalue weighted by atomic mass is 10.2. The summed E-state index contributed by atoms with van der Waals surface area (Å²) in [7, 11) is 0. The zero-order valence-electron chi connectivity index (χ0n) is 14.2. The molecule has 7 nitrogen and oxygen atoms in total. The van der Waals surface area contributed by atoms with Crippen LogP contribution in [0.25, 0.3) is 0 Å². The third kappa shape index (κ3) is 4.89. The predicted octanol–water partition coefficient (Wildman–Crippen LogP) is 1.59. The highest BCUT2D eigenvalue weighted by Crippen LogP contribution is 2.28. The summed E-state index contributed by atoms with van der Waals surface area (Å²) in [6.45, 7) is 0.791. The topological polar surface area (TPSA) is 100 Å². The van der Waals surface area contributed by atoms with Gasteiger partial charge in [-0.3, -0.25) is 19.4 Å². The summed E-state index contributed by atoms with van der Waals surface area (Å²) < 4.78 is 0. The van der Waals surface area contributed by atoms with E-state index >= 15 is 0 Å². The molecule has 2 aromatic rings. The average molecular weight is 352 g/mol. The van der Waals surface area contributed by atoms with Gasteiger partial charge in [0.1, 0.15) is 0 Å². The molecule has 3 N–H and O–H groups in total. The summed E-state index contributed by atoms with van der Waals surface area (Å²) in [5, 5.41) is 8.30. The number of nitrogens with zero attached hydrogens (tertiary/aromatic N) is 1. The van der Waals surface area contributed by atoms with Crippen LogP contribution in [-0.4, -0.2) is 35.8 Å². The van der Waals surface area contributed by atoms with Crippen LogP contribution in [0.4, 0.5) is 5.69 Å². The van der Waals surface area contributed by atoms with Crippen molar-refractivity contribution in [1.82, 2.24) is 15.6 Å². The number of nitrogens with one attached hydrogen (secondary N) is 3. The van der Waals surface area contributed by atoms with Gasteiger partial charge in [0.15, 0.2) is 0 Å². The fraction of sp³-hybridized carbons (Fsp3) is 0.263. The Bertz CT molecular complexity index is 786. The van der Waals surface area contributed by atoms with Crippen molar-refractivity contribution in [2.24, 2.45) is 5.92 Å². The Morgan fingerprint density at radius 3 is 2.12 bits per heavy atom.